The molecular formula is C21H33N3O2. The Morgan fingerprint density at radius 1 is 1.42 bits per heavy atom. The lowest BCUT2D eigenvalue weighted by molar-refractivity contribution is -0.114. The maximum Gasteiger partial charge on any atom is 0.183 e. The van der Waals surface area contributed by atoms with Gasteiger partial charge in [0.1, 0.15) is 11.9 Å². The second-order valence-electron chi connectivity index (χ2n) is 7.44. The van der Waals surface area contributed by atoms with Crippen LogP contribution in [0.2, 0.25) is 0 Å². The maximum absolute atomic E-state index is 12.0. The molecule has 0 spiro atoms. The van der Waals surface area contributed by atoms with E-state index in [0.717, 1.165) is 37.9 Å². The average molecular weight is 360 g/mol. The van der Waals surface area contributed by atoms with Crippen LogP contribution in [0.5, 0.6) is 0 Å². The number of piperidine rings is 1. The fourth-order valence-electron chi connectivity index (χ4n) is 3.49. The van der Waals surface area contributed by atoms with Crippen LogP contribution in [0.1, 0.15) is 47.0 Å². The quantitative estimate of drug-likeness (QED) is 0.396. The lowest BCUT2D eigenvalue weighted by Gasteiger charge is -2.34. The summed E-state index contributed by atoms with van der Waals surface area (Å²) in [5.74, 6) is 0.963. The van der Waals surface area contributed by atoms with Gasteiger partial charge in [0.05, 0.1) is 5.70 Å². The molecule has 2 rings (SSSR count). The van der Waals surface area contributed by atoms with Crippen molar-refractivity contribution in [2.45, 2.75) is 65.1 Å². The molecule has 2 N–H and O–H groups in total. The van der Waals surface area contributed by atoms with Gasteiger partial charge in [0.15, 0.2) is 5.78 Å². The monoisotopic (exact) mass is 359 g/mol. The Bertz CT molecular complexity index is 584. The number of Topliss-reactive ketones (excluding diaryl/α,β-unsaturated/α-hetero) is 1. The summed E-state index contributed by atoms with van der Waals surface area (Å²) in [5, 5.41) is 10.3. The van der Waals surface area contributed by atoms with Gasteiger partial charge in [-0.3, -0.25) is 4.79 Å². The number of ketones is 1. The molecule has 144 valence electrons. The molecular weight excluding hydrogens is 326 g/mol. The maximum atomic E-state index is 12.0. The van der Waals surface area contributed by atoms with E-state index in [1.54, 1.807) is 0 Å². The molecule has 1 fully saturated rings. The van der Waals surface area contributed by atoms with Crippen LogP contribution in [-0.4, -0.2) is 48.2 Å². The van der Waals surface area contributed by atoms with Crippen LogP contribution >= 0.6 is 0 Å². The molecule has 2 heterocycles. The molecule has 0 bridgehead atoms. The van der Waals surface area contributed by atoms with Crippen molar-refractivity contribution >= 4 is 12.0 Å². The summed E-state index contributed by atoms with van der Waals surface area (Å²) in [6.45, 7) is 10.7. The van der Waals surface area contributed by atoms with E-state index in [0.29, 0.717) is 11.7 Å². The molecule has 2 aliphatic rings. The van der Waals surface area contributed by atoms with Crippen molar-refractivity contribution in [3.05, 3.63) is 35.8 Å². The predicted octanol–water partition coefficient (Wildman–Crippen LogP) is 3.44. The van der Waals surface area contributed by atoms with Crippen molar-refractivity contribution in [1.82, 2.24) is 10.2 Å². The number of rotatable bonds is 8. The topological polar surface area (TPSA) is 65.4 Å². The van der Waals surface area contributed by atoms with Gasteiger partial charge in [0.25, 0.3) is 0 Å². The van der Waals surface area contributed by atoms with Crippen molar-refractivity contribution in [3.8, 4) is 0 Å². The van der Waals surface area contributed by atoms with Crippen LogP contribution in [0.25, 0.3) is 0 Å². The number of likely N-dealkylation sites (tertiary alicyclic amines) is 1. The molecule has 0 aromatic rings. The zero-order valence-electron chi connectivity index (χ0n) is 16.5. The highest BCUT2D eigenvalue weighted by atomic mass is 16.5. The van der Waals surface area contributed by atoms with E-state index in [1.165, 1.54) is 0 Å². The molecule has 0 saturated carbocycles. The zero-order valence-corrected chi connectivity index (χ0v) is 16.5. The average Bonchev–Trinajstić information content (AvgIpc) is 2.96. The first-order valence-corrected chi connectivity index (χ1v) is 9.70. The first-order valence-electron chi connectivity index (χ1n) is 9.70. The van der Waals surface area contributed by atoms with Crippen LogP contribution < -0.4 is 5.32 Å². The van der Waals surface area contributed by atoms with Crippen molar-refractivity contribution in [1.29, 1.82) is 5.41 Å². The van der Waals surface area contributed by atoms with Gasteiger partial charge in [0, 0.05) is 43.7 Å². The van der Waals surface area contributed by atoms with E-state index in [-0.39, 0.29) is 30.3 Å². The minimum Gasteiger partial charge on any atom is -0.491 e. The van der Waals surface area contributed by atoms with Crippen molar-refractivity contribution < 1.29 is 9.53 Å². The van der Waals surface area contributed by atoms with Crippen molar-refractivity contribution in [2.24, 2.45) is 5.92 Å². The van der Waals surface area contributed by atoms with Gasteiger partial charge >= 0.3 is 0 Å². The number of nitrogens with one attached hydrogen (secondary N) is 2. The summed E-state index contributed by atoms with van der Waals surface area (Å²) in [5.41, 5.74) is 0.618. The molecule has 0 aliphatic carbocycles. The third kappa shape index (κ3) is 5.56. The first kappa shape index (κ1) is 20.4. The third-order valence-electron chi connectivity index (χ3n) is 5.10. The highest BCUT2D eigenvalue weighted by Crippen LogP contribution is 2.24. The number of nitrogens with zero attached hydrogens (tertiary/aromatic N) is 1. The second kappa shape index (κ2) is 9.72. The predicted molar refractivity (Wildman–Crippen MR) is 106 cm³/mol. The van der Waals surface area contributed by atoms with Crippen LogP contribution in [0, 0.1) is 11.3 Å². The second-order valence-corrected chi connectivity index (χ2v) is 7.44. The van der Waals surface area contributed by atoms with Crippen LogP contribution in [0.3, 0.4) is 0 Å². The number of hydrogen-bond donors (Lipinski definition) is 2. The number of carbonyl (C=O) groups excluding carboxylic acids is 1. The minimum absolute atomic E-state index is 0.0303. The standard InChI is InChI=1S/C21H33N3O2/c1-5-6-19(26-18-8-11-24(12-9-18)15(2)3)13-17-14-20(23-16(17)4)21(25)7-10-22/h5-6,10,13-18,22-23H,7-9,11-12H2,1-4H3/b6-5-,19-13+,22-10?. The van der Waals surface area contributed by atoms with Crippen molar-refractivity contribution in [3.63, 3.8) is 0 Å². The molecule has 2 aliphatic heterocycles. The highest BCUT2D eigenvalue weighted by molar-refractivity contribution is 6.02. The third-order valence-corrected chi connectivity index (χ3v) is 5.10. The molecule has 0 aromatic heterocycles. The van der Waals surface area contributed by atoms with Gasteiger partial charge < -0.3 is 20.4 Å². The Kier molecular flexibility index (Phi) is 7.64. The van der Waals surface area contributed by atoms with E-state index >= 15 is 0 Å². The Morgan fingerprint density at radius 2 is 2.12 bits per heavy atom. The molecule has 1 saturated heterocycles. The van der Waals surface area contributed by atoms with E-state index < -0.39 is 0 Å². The van der Waals surface area contributed by atoms with Crippen LogP contribution in [-0.2, 0) is 9.53 Å². The summed E-state index contributed by atoms with van der Waals surface area (Å²) >= 11 is 0. The largest absolute Gasteiger partial charge is 0.491 e. The number of allylic oxidation sites excluding steroid dienone is 3. The highest BCUT2D eigenvalue weighted by Gasteiger charge is 2.26. The van der Waals surface area contributed by atoms with E-state index in [9.17, 15) is 4.79 Å². The molecule has 2 atom stereocenters. The van der Waals surface area contributed by atoms with Gasteiger partial charge in [-0.15, -0.1) is 0 Å². The molecule has 0 radical (unpaired) electrons. The summed E-state index contributed by atoms with van der Waals surface area (Å²) < 4.78 is 6.28. The van der Waals surface area contributed by atoms with Crippen LogP contribution in [0.4, 0.5) is 0 Å². The van der Waals surface area contributed by atoms with Gasteiger partial charge in [-0.1, -0.05) is 6.08 Å². The summed E-state index contributed by atoms with van der Waals surface area (Å²) in [7, 11) is 0. The molecule has 0 aromatic carbocycles. The SMILES string of the molecule is C/C=C\C(=C/C1C=C(C(=O)CC=N)NC1C)OC1CCN(C(C)C)CC1. The number of ether oxygens (including phenoxy) is 1. The van der Waals surface area contributed by atoms with Crippen LogP contribution in [0.15, 0.2) is 35.8 Å². The summed E-state index contributed by atoms with van der Waals surface area (Å²) in [6.07, 6.45) is 11.7. The van der Waals surface area contributed by atoms with Gasteiger partial charge in [0.2, 0.25) is 0 Å². The zero-order chi connectivity index (χ0) is 19.1. The fraction of sp³-hybridized carbons (Fsp3) is 0.619. The molecule has 5 nitrogen and oxygen atoms in total. The molecule has 2 unspecified atom stereocenters. The van der Waals surface area contributed by atoms with E-state index in [1.807, 2.05) is 25.2 Å². The Labute approximate surface area is 157 Å². The molecule has 26 heavy (non-hydrogen) atoms. The Morgan fingerprint density at radius 3 is 2.69 bits per heavy atom. The molecule has 5 heteroatoms. The Hall–Kier alpha value is -1.88. The fourth-order valence-corrected chi connectivity index (χ4v) is 3.49. The van der Waals surface area contributed by atoms with E-state index in [2.05, 4.69) is 37.1 Å². The smallest absolute Gasteiger partial charge is 0.183 e. The minimum atomic E-state index is -0.0303. The first-order chi connectivity index (χ1) is 12.4. The normalized spacial score (nSPS) is 25.4. The number of carbonyl (C=O) groups is 1. The van der Waals surface area contributed by atoms with Gasteiger partial charge in [-0.25, -0.2) is 0 Å². The summed E-state index contributed by atoms with van der Waals surface area (Å²) in [4.78, 5) is 14.5. The lowest BCUT2D eigenvalue weighted by Crippen LogP contribution is -2.40. The Balaban J connectivity index is 2.02. The lowest BCUT2D eigenvalue weighted by atomic mass is 10.0. The van der Waals surface area contributed by atoms with Crippen molar-refractivity contribution in [2.75, 3.05) is 13.1 Å². The van der Waals surface area contributed by atoms with Gasteiger partial charge in [-0.2, -0.15) is 0 Å². The molecule has 0 amide bonds. The number of hydrogen-bond acceptors (Lipinski definition) is 5. The summed E-state index contributed by atoms with van der Waals surface area (Å²) in [6, 6.07) is 0.736. The van der Waals surface area contributed by atoms with Gasteiger partial charge in [-0.05, 0) is 58.8 Å². The van der Waals surface area contributed by atoms with E-state index in [4.69, 9.17) is 10.1 Å².